The first-order valence-corrected chi connectivity index (χ1v) is 13.3. The van der Waals surface area contributed by atoms with Crippen LogP contribution in [0.1, 0.15) is 51.4 Å². The van der Waals surface area contributed by atoms with Gasteiger partial charge in [0.1, 0.15) is 6.04 Å². The summed E-state index contributed by atoms with van der Waals surface area (Å²) in [5.74, 6) is -1.84. The molecule has 3 heterocycles. The first kappa shape index (κ1) is 27.5. The Morgan fingerprint density at radius 2 is 1.78 bits per heavy atom. The van der Waals surface area contributed by atoms with Crippen LogP contribution >= 0.6 is 11.8 Å². The Hall–Kier alpha value is -3.09. The second-order valence-corrected chi connectivity index (χ2v) is 10.4. The topological polar surface area (TPSA) is 174 Å². The van der Waals surface area contributed by atoms with Gasteiger partial charge in [0.05, 0.1) is 12.1 Å². The number of thioether (sulfide) groups is 1. The monoisotopic (exact) mass is 523 g/mol. The number of carbonyl (C=O) groups is 6. The van der Waals surface area contributed by atoms with Gasteiger partial charge in [-0.1, -0.05) is 6.42 Å². The van der Waals surface area contributed by atoms with Crippen molar-refractivity contribution in [2.24, 2.45) is 0 Å². The molecule has 3 aliphatic heterocycles. The number of imide groups is 1. The summed E-state index contributed by atoms with van der Waals surface area (Å²) in [4.78, 5) is 70.9. The van der Waals surface area contributed by atoms with E-state index in [2.05, 4.69) is 21.3 Å². The molecule has 36 heavy (non-hydrogen) atoms. The molecule has 2 saturated heterocycles. The maximum absolute atomic E-state index is 12.1. The van der Waals surface area contributed by atoms with Crippen LogP contribution in [0.25, 0.3) is 0 Å². The molecule has 198 valence electrons. The Kier molecular flexibility index (Phi) is 10.1. The number of unbranched alkanes of at least 4 members (excludes halogenated alkanes) is 2. The average molecular weight is 524 g/mol. The van der Waals surface area contributed by atoms with Gasteiger partial charge >= 0.3 is 12.0 Å². The number of hydrogen-bond donors (Lipinski definition) is 5. The second kappa shape index (κ2) is 13.3. The van der Waals surface area contributed by atoms with Crippen LogP contribution in [0, 0.1) is 0 Å². The lowest BCUT2D eigenvalue weighted by molar-refractivity contribution is -0.143. The minimum absolute atomic E-state index is 0.0497. The largest absolute Gasteiger partial charge is 0.480 e. The van der Waals surface area contributed by atoms with E-state index in [1.165, 1.54) is 0 Å². The fraction of sp³-hybridized carbons (Fsp3) is 0.652. The Bertz CT molecular complexity index is 893. The van der Waals surface area contributed by atoms with E-state index in [-0.39, 0.29) is 43.4 Å². The van der Waals surface area contributed by atoms with Crippen molar-refractivity contribution in [3.8, 4) is 0 Å². The van der Waals surface area contributed by atoms with Crippen molar-refractivity contribution in [1.82, 2.24) is 26.2 Å². The summed E-state index contributed by atoms with van der Waals surface area (Å²) < 4.78 is 0. The number of aliphatic carboxylic acids is 1. The van der Waals surface area contributed by atoms with E-state index in [4.69, 9.17) is 0 Å². The van der Waals surface area contributed by atoms with Gasteiger partial charge in [0.15, 0.2) is 0 Å². The van der Waals surface area contributed by atoms with Gasteiger partial charge < -0.3 is 26.4 Å². The van der Waals surface area contributed by atoms with Gasteiger partial charge in [0.2, 0.25) is 11.8 Å². The fourth-order valence-electron chi connectivity index (χ4n) is 4.45. The van der Waals surface area contributed by atoms with E-state index in [1.807, 2.05) is 11.8 Å². The van der Waals surface area contributed by atoms with Gasteiger partial charge in [-0.05, 0) is 32.1 Å². The number of carboxylic acid groups (broad SMARTS) is 1. The van der Waals surface area contributed by atoms with Crippen LogP contribution in [0.2, 0.25) is 0 Å². The average Bonchev–Trinajstić information content (AvgIpc) is 3.48. The quantitative estimate of drug-likeness (QED) is 0.112. The van der Waals surface area contributed by atoms with Gasteiger partial charge in [0.25, 0.3) is 11.8 Å². The highest BCUT2D eigenvalue weighted by Crippen LogP contribution is 2.33. The lowest BCUT2D eigenvalue weighted by Gasteiger charge is -2.17. The van der Waals surface area contributed by atoms with Crippen LogP contribution in [0.15, 0.2) is 12.2 Å². The van der Waals surface area contributed by atoms with Crippen LogP contribution in [0.5, 0.6) is 0 Å². The van der Waals surface area contributed by atoms with Gasteiger partial charge in [-0.3, -0.25) is 24.1 Å². The van der Waals surface area contributed by atoms with E-state index in [9.17, 15) is 33.9 Å². The van der Waals surface area contributed by atoms with E-state index >= 15 is 0 Å². The molecule has 4 atom stereocenters. The molecule has 0 spiro atoms. The highest BCUT2D eigenvalue weighted by molar-refractivity contribution is 8.00. The third-order valence-corrected chi connectivity index (χ3v) is 7.93. The Morgan fingerprint density at radius 3 is 2.50 bits per heavy atom. The number of carbonyl (C=O) groups excluding carboxylic acids is 5. The molecular formula is C23H33N5O7S. The lowest BCUT2D eigenvalue weighted by Crippen LogP contribution is -2.42. The van der Waals surface area contributed by atoms with Crippen molar-refractivity contribution in [3.63, 3.8) is 0 Å². The number of nitrogens with zero attached hydrogens (tertiary/aromatic N) is 1. The number of amides is 6. The third kappa shape index (κ3) is 7.97. The zero-order chi connectivity index (χ0) is 26.1. The van der Waals surface area contributed by atoms with Crippen molar-refractivity contribution in [2.45, 2.75) is 74.7 Å². The molecule has 0 aromatic carbocycles. The van der Waals surface area contributed by atoms with Crippen LogP contribution in [-0.4, -0.2) is 87.9 Å². The molecular weight excluding hydrogens is 490 g/mol. The van der Waals surface area contributed by atoms with Crippen molar-refractivity contribution in [1.29, 1.82) is 0 Å². The highest BCUT2D eigenvalue weighted by Gasteiger charge is 2.42. The summed E-state index contributed by atoms with van der Waals surface area (Å²) >= 11 is 1.85. The Morgan fingerprint density at radius 1 is 1.03 bits per heavy atom. The van der Waals surface area contributed by atoms with Gasteiger partial charge in [-0.25, -0.2) is 9.59 Å². The number of rotatable bonds is 15. The number of hydrogen-bond acceptors (Lipinski definition) is 7. The summed E-state index contributed by atoms with van der Waals surface area (Å²) in [6.07, 6.45) is 6.37. The zero-order valence-corrected chi connectivity index (χ0v) is 20.8. The molecule has 0 aliphatic carbocycles. The van der Waals surface area contributed by atoms with Gasteiger partial charge in [-0.15, -0.1) is 0 Å². The minimum atomic E-state index is -1.16. The predicted octanol–water partition coefficient (Wildman–Crippen LogP) is -0.117. The summed E-state index contributed by atoms with van der Waals surface area (Å²) in [5, 5.41) is 20.9. The molecule has 1 unspecified atom stereocenters. The third-order valence-electron chi connectivity index (χ3n) is 6.42. The molecule has 2 fully saturated rings. The lowest BCUT2D eigenvalue weighted by atomic mass is 10.0. The first-order chi connectivity index (χ1) is 17.2. The number of urea groups is 1. The molecule has 0 bridgehead atoms. The number of nitrogens with one attached hydrogen (secondary N) is 4. The van der Waals surface area contributed by atoms with E-state index in [1.54, 1.807) is 0 Å². The predicted molar refractivity (Wildman–Crippen MR) is 131 cm³/mol. The number of fused-ring (bicyclic) bond motifs is 1. The van der Waals surface area contributed by atoms with Crippen LogP contribution in [0.3, 0.4) is 0 Å². The summed E-state index contributed by atoms with van der Waals surface area (Å²) in [6.45, 7) is 0.314. The highest BCUT2D eigenvalue weighted by atomic mass is 32.2. The normalized spacial score (nSPS) is 23.3. The SMILES string of the molecule is O=C(CCCC[C@H]1SC[C@@H]2NC(=O)N[C@@H]21)NCCCCC(NC(=O)CCN1C(=O)C=CC1=O)C(=O)O. The van der Waals surface area contributed by atoms with Crippen molar-refractivity contribution in [2.75, 3.05) is 18.8 Å². The first-order valence-electron chi connectivity index (χ1n) is 12.3. The van der Waals surface area contributed by atoms with Crippen molar-refractivity contribution in [3.05, 3.63) is 12.2 Å². The Labute approximate surface area is 213 Å². The Balaban J connectivity index is 1.21. The van der Waals surface area contributed by atoms with Gasteiger partial charge in [0, 0.05) is 49.1 Å². The molecule has 0 saturated carbocycles. The van der Waals surface area contributed by atoms with Crippen molar-refractivity contribution < 1.29 is 33.9 Å². The van der Waals surface area contributed by atoms with Crippen LogP contribution < -0.4 is 21.3 Å². The zero-order valence-electron chi connectivity index (χ0n) is 20.0. The van der Waals surface area contributed by atoms with Crippen LogP contribution in [0.4, 0.5) is 4.79 Å². The standard InChI is InChI=1S/C23H33N5O7S/c29-17(7-2-1-6-16-21-15(13-36-16)26-23(35)27-21)24-11-4-3-5-14(22(33)34)25-18(30)10-12-28-19(31)8-9-20(28)32/h8-9,14-16,21H,1-7,10-13H2,(H,24,29)(H,25,30)(H,33,34)(H2,26,27,35)/t14?,15-,16+,21-/m0/s1. The van der Waals surface area contributed by atoms with Crippen LogP contribution in [-0.2, 0) is 24.0 Å². The van der Waals surface area contributed by atoms with E-state index in [0.29, 0.717) is 31.1 Å². The molecule has 0 aromatic heterocycles. The number of carboxylic acids is 1. The molecule has 3 aliphatic rings. The summed E-state index contributed by atoms with van der Waals surface area (Å²) in [6, 6.07) is -0.804. The summed E-state index contributed by atoms with van der Waals surface area (Å²) in [5.41, 5.74) is 0. The minimum Gasteiger partial charge on any atom is -0.480 e. The molecule has 13 heteroatoms. The molecule has 0 aromatic rings. The fourth-order valence-corrected chi connectivity index (χ4v) is 6.00. The molecule has 12 nitrogen and oxygen atoms in total. The smallest absolute Gasteiger partial charge is 0.326 e. The maximum Gasteiger partial charge on any atom is 0.326 e. The van der Waals surface area contributed by atoms with E-state index < -0.39 is 29.7 Å². The molecule has 5 N–H and O–H groups in total. The second-order valence-electron chi connectivity index (χ2n) is 9.08. The molecule has 0 radical (unpaired) electrons. The van der Waals surface area contributed by atoms with E-state index in [0.717, 1.165) is 42.1 Å². The van der Waals surface area contributed by atoms with Crippen molar-refractivity contribution >= 4 is 47.4 Å². The van der Waals surface area contributed by atoms with Gasteiger partial charge in [-0.2, -0.15) is 11.8 Å². The maximum atomic E-state index is 12.1. The summed E-state index contributed by atoms with van der Waals surface area (Å²) in [7, 11) is 0. The molecule has 3 rings (SSSR count). The molecule has 6 amide bonds.